The third-order valence-electron chi connectivity index (χ3n) is 5.21. The van der Waals surface area contributed by atoms with Crippen molar-refractivity contribution in [1.29, 1.82) is 5.26 Å². The van der Waals surface area contributed by atoms with Crippen LogP contribution >= 0.6 is 0 Å². The number of halogens is 3. The summed E-state index contributed by atoms with van der Waals surface area (Å²) in [6.45, 7) is 0. The molecular weight excluding hydrogens is 487 g/mol. The average Bonchev–Trinajstić information content (AvgIpc) is 2.88. The first-order valence-corrected chi connectivity index (χ1v) is 10.6. The van der Waals surface area contributed by atoms with E-state index >= 15 is 0 Å². The van der Waals surface area contributed by atoms with Gasteiger partial charge in [0.05, 0.1) is 23.0 Å². The predicted octanol–water partition coefficient (Wildman–Crippen LogP) is 5.14. The number of aromatic carboxylic acids is 1. The summed E-state index contributed by atoms with van der Waals surface area (Å²) in [7, 11) is 0. The van der Waals surface area contributed by atoms with E-state index in [4.69, 9.17) is 0 Å². The number of benzene rings is 3. The molecule has 0 radical (unpaired) electrons. The van der Waals surface area contributed by atoms with Crippen LogP contribution in [0, 0.1) is 11.3 Å². The van der Waals surface area contributed by atoms with Crippen molar-refractivity contribution in [1.82, 2.24) is 9.97 Å². The second kappa shape index (κ2) is 10.2. The second-order valence-electron chi connectivity index (χ2n) is 7.71. The molecule has 4 aromatic rings. The number of carbonyl (C=O) groups is 1. The Kier molecular flexibility index (Phi) is 6.84. The Morgan fingerprint density at radius 3 is 2.35 bits per heavy atom. The van der Waals surface area contributed by atoms with Gasteiger partial charge in [0.15, 0.2) is 0 Å². The fraction of sp³-hybridized carbons (Fsp3) is 0.0385. The summed E-state index contributed by atoms with van der Waals surface area (Å²) >= 11 is 0. The van der Waals surface area contributed by atoms with Crippen LogP contribution < -0.4 is 11.0 Å². The summed E-state index contributed by atoms with van der Waals surface area (Å²) in [4.78, 5) is 30.3. The molecular formula is C26H16F3N5O3. The highest BCUT2D eigenvalue weighted by Gasteiger charge is 2.32. The first-order chi connectivity index (χ1) is 17.7. The molecule has 0 bridgehead atoms. The number of hydrogen-bond acceptors (Lipinski definition) is 6. The molecule has 0 atom stereocenters. The fourth-order valence-electron chi connectivity index (χ4n) is 3.45. The van der Waals surface area contributed by atoms with Crippen molar-refractivity contribution in [2.75, 3.05) is 5.43 Å². The molecule has 0 aliphatic rings. The van der Waals surface area contributed by atoms with Crippen LogP contribution in [-0.2, 0) is 6.18 Å². The molecule has 0 aliphatic heterocycles. The minimum atomic E-state index is -4.70. The summed E-state index contributed by atoms with van der Waals surface area (Å²) in [6.07, 6.45) is -3.31. The maximum atomic E-state index is 13.2. The molecule has 0 aliphatic carbocycles. The molecule has 1 aromatic heterocycles. The molecule has 0 unspecified atom stereocenters. The minimum Gasteiger partial charge on any atom is -0.478 e. The van der Waals surface area contributed by atoms with E-state index in [2.05, 4.69) is 20.5 Å². The van der Waals surface area contributed by atoms with Crippen molar-refractivity contribution < 1.29 is 23.1 Å². The van der Waals surface area contributed by atoms with Gasteiger partial charge in [-0.15, -0.1) is 0 Å². The van der Waals surface area contributed by atoms with Gasteiger partial charge in [0.25, 0.3) is 5.56 Å². The molecule has 3 N–H and O–H groups in total. The molecule has 0 fully saturated rings. The van der Waals surface area contributed by atoms with Gasteiger partial charge in [0, 0.05) is 5.56 Å². The zero-order chi connectivity index (χ0) is 26.6. The first kappa shape index (κ1) is 24.9. The summed E-state index contributed by atoms with van der Waals surface area (Å²) in [5.74, 6) is -1.46. The van der Waals surface area contributed by atoms with E-state index in [-0.39, 0.29) is 22.8 Å². The van der Waals surface area contributed by atoms with E-state index in [0.29, 0.717) is 22.8 Å². The Labute approximate surface area is 207 Å². The highest BCUT2D eigenvalue weighted by atomic mass is 19.4. The second-order valence-corrected chi connectivity index (χ2v) is 7.71. The zero-order valence-electron chi connectivity index (χ0n) is 18.7. The molecule has 4 rings (SSSR count). The first-order valence-electron chi connectivity index (χ1n) is 10.6. The number of H-pyrrole nitrogens is 1. The lowest BCUT2D eigenvalue weighted by molar-refractivity contribution is -0.137. The molecule has 8 nitrogen and oxygen atoms in total. The number of anilines is 1. The van der Waals surface area contributed by atoms with Gasteiger partial charge in [-0.1, -0.05) is 54.6 Å². The van der Waals surface area contributed by atoms with Crippen LogP contribution in [-0.4, -0.2) is 27.3 Å². The smallest absolute Gasteiger partial charge is 0.416 e. The molecule has 1 heterocycles. The fourth-order valence-corrected chi connectivity index (χ4v) is 3.45. The van der Waals surface area contributed by atoms with Gasteiger partial charge in [-0.3, -0.25) is 9.78 Å². The Bertz CT molecular complexity index is 1590. The molecule has 3 aromatic carbocycles. The van der Waals surface area contributed by atoms with E-state index in [1.165, 1.54) is 24.4 Å². The molecule has 0 saturated carbocycles. The van der Waals surface area contributed by atoms with Gasteiger partial charge in [0.1, 0.15) is 11.6 Å². The molecule has 184 valence electrons. The number of carboxylic acid groups (broad SMARTS) is 1. The largest absolute Gasteiger partial charge is 0.478 e. The molecule has 0 saturated heterocycles. The van der Waals surface area contributed by atoms with Crippen LogP contribution in [0.3, 0.4) is 0 Å². The standard InChI is InChI=1S/C26H16F3N5O3/c27-26(28,29)20-11-18(10-19(12-20)24(36)37)16-8-6-15(7-9-16)14-31-34-25-32-22(17-4-2-1-3-5-17)21(13-30)23(35)33-25/h1-12,14H,(H,36,37)(H2,32,33,34,35). The third-order valence-corrected chi connectivity index (χ3v) is 5.21. The summed E-state index contributed by atoms with van der Waals surface area (Å²) in [6, 6.07) is 19.4. The van der Waals surface area contributed by atoms with Crippen molar-refractivity contribution >= 4 is 18.1 Å². The lowest BCUT2D eigenvalue weighted by atomic mass is 9.98. The minimum absolute atomic E-state index is 0.000823. The van der Waals surface area contributed by atoms with Crippen LogP contribution in [0.5, 0.6) is 0 Å². The number of nitriles is 1. The van der Waals surface area contributed by atoms with Crippen molar-refractivity contribution in [3.8, 4) is 28.5 Å². The van der Waals surface area contributed by atoms with E-state index in [1.807, 2.05) is 6.07 Å². The number of aromatic amines is 1. The van der Waals surface area contributed by atoms with Gasteiger partial charge in [-0.05, 0) is 34.9 Å². The third kappa shape index (κ3) is 5.71. The Morgan fingerprint density at radius 2 is 1.73 bits per heavy atom. The van der Waals surface area contributed by atoms with Crippen molar-refractivity contribution in [3.63, 3.8) is 0 Å². The predicted molar refractivity (Wildman–Crippen MR) is 130 cm³/mol. The molecule has 0 amide bonds. The molecule has 0 spiro atoms. The normalized spacial score (nSPS) is 11.3. The number of hydrazone groups is 1. The number of rotatable bonds is 6. The number of nitrogens with zero attached hydrogens (tertiary/aromatic N) is 3. The topological polar surface area (TPSA) is 131 Å². The van der Waals surface area contributed by atoms with Crippen LogP contribution in [0.1, 0.15) is 27.0 Å². The SMILES string of the molecule is N#Cc1c(-c2ccccc2)nc(NN=Cc2ccc(-c3cc(C(=O)O)cc(C(F)(F)F)c3)cc2)[nH]c1=O. The van der Waals surface area contributed by atoms with Crippen LogP contribution in [0.2, 0.25) is 0 Å². The number of alkyl halides is 3. The van der Waals surface area contributed by atoms with E-state index < -0.39 is 28.8 Å². The van der Waals surface area contributed by atoms with E-state index in [0.717, 1.165) is 6.07 Å². The highest BCUT2D eigenvalue weighted by molar-refractivity contribution is 5.90. The van der Waals surface area contributed by atoms with E-state index in [9.17, 15) is 33.1 Å². The lowest BCUT2D eigenvalue weighted by Crippen LogP contribution is -2.16. The average molecular weight is 503 g/mol. The number of hydrogen-bond donors (Lipinski definition) is 3. The maximum Gasteiger partial charge on any atom is 0.416 e. The van der Waals surface area contributed by atoms with Crippen LogP contribution in [0.15, 0.2) is 82.7 Å². The van der Waals surface area contributed by atoms with Gasteiger partial charge in [-0.2, -0.15) is 23.5 Å². The molecule has 11 heteroatoms. The maximum absolute atomic E-state index is 13.2. The van der Waals surface area contributed by atoms with Gasteiger partial charge in [0.2, 0.25) is 5.95 Å². The summed E-state index contributed by atoms with van der Waals surface area (Å²) in [5.41, 5.74) is 2.08. The van der Waals surface area contributed by atoms with Crippen LogP contribution in [0.25, 0.3) is 22.4 Å². The van der Waals surface area contributed by atoms with Gasteiger partial charge < -0.3 is 5.11 Å². The summed E-state index contributed by atoms with van der Waals surface area (Å²) < 4.78 is 39.6. The highest BCUT2D eigenvalue weighted by Crippen LogP contribution is 2.33. The zero-order valence-corrected chi connectivity index (χ0v) is 18.7. The summed E-state index contributed by atoms with van der Waals surface area (Å²) in [5, 5.41) is 22.5. The monoisotopic (exact) mass is 503 g/mol. The Morgan fingerprint density at radius 1 is 1.03 bits per heavy atom. The van der Waals surface area contributed by atoms with Crippen molar-refractivity contribution in [3.05, 3.63) is 105 Å². The number of nitrogens with one attached hydrogen (secondary N) is 2. The number of carboxylic acids is 1. The van der Waals surface area contributed by atoms with Gasteiger partial charge in [-0.25, -0.2) is 15.2 Å². The van der Waals surface area contributed by atoms with Crippen molar-refractivity contribution in [2.24, 2.45) is 5.10 Å². The van der Waals surface area contributed by atoms with Crippen LogP contribution in [0.4, 0.5) is 19.1 Å². The van der Waals surface area contributed by atoms with E-state index in [1.54, 1.807) is 42.5 Å². The quantitative estimate of drug-likeness (QED) is 0.247. The Balaban J connectivity index is 1.56. The lowest BCUT2D eigenvalue weighted by Gasteiger charge is -2.11. The van der Waals surface area contributed by atoms with Crippen molar-refractivity contribution in [2.45, 2.75) is 6.18 Å². The van der Waals surface area contributed by atoms with Gasteiger partial charge >= 0.3 is 12.1 Å². The Hall–Kier alpha value is -5.24. The number of aromatic nitrogens is 2. The molecule has 37 heavy (non-hydrogen) atoms.